The Hall–Kier alpha value is -1.35. The fourth-order valence-electron chi connectivity index (χ4n) is 4.97. The minimum Gasteiger partial charge on any atom is -0.353 e. The van der Waals surface area contributed by atoms with E-state index in [4.69, 9.17) is 0 Å². The van der Waals surface area contributed by atoms with Gasteiger partial charge in [-0.05, 0) is 55.9 Å². The van der Waals surface area contributed by atoms with Crippen LogP contribution in [-0.2, 0) is 4.79 Å². The van der Waals surface area contributed by atoms with E-state index in [2.05, 4.69) is 40.5 Å². The van der Waals surface area contributed by atoms with Gasteiger partial charge in [-0.3, -0.25) is 4.79 Å². The molecule has 0 spiro atoms. The fourth-order valence-corrected chi connectivity index (χ4v) is 4.97. The number of rotatable bonds is 6. The van der Waals surface area contributed by atoms with Gasteiger partial charge in [-0.25, -0.2) is 0 Å². The molecule has 3 nitrogen and oxygen atoms in total. The first kappa shape index (κ1) is 18.0. The Labute approximate surface area is 158 Å². The van der Waals surface area contributed by atoms with E-state index in [-0.39, 0.29) is 0 Å². The third-order valence-electron chi connectivity index (χ3n) is 6.78. The fraction of sp³-hybridized carbons (Fsp3) is 0.696. The third kappa shape index (κ3) is 4.68. The van der Waals surface area contributed by atoms with E-state index in [9.17, 15) is 4.79 Å². The highest BCUT2D eigenvalue weighted by Crippen LogP contribution is 2.37. The minimum atomic E-state index is 0.313. The van der Waals surface area contributed by atoms with Crippen molar-refractivity contribution in [1.82, 2.24) is 10.2 Å². The average Bonchev–Trinajstić information content (AvgIpc) is 3.54. The van der Waals surface area contributed by atoms with Gasteiger partial charge in [-0.2, -0.15) is 0 Å². The van der Waals surface area contributed by atoms with Crippen LogP contribution in [0.4, 0.5) is 0 Å². The Bertz CT molecular complexity index is 569. The third-order valence-corrected chi connectivity index (χ3v) is 6.78. The number of nitrogens with zero attached hydrogens (tertiary/aromatic N) is 1. The number of carbonyl (C=O) groups is 1. The van der Waals surface area contributed by atoms with Gasteiger partial charge in [-0.1, -0.05) is 49.6 Å². The maximum Gasteiger partial charge on any atom is 0.223 e. The molecule has 2 saturated carbocycles. The van der Waals surface area contributed by atoms with E-state index < -0.39 is 0 Å². The number of carbonyl (C=O) groups excluding carboxylic acids is 1. The van der Waals surface area contributed by atoms with Crippen LogP contribution in [-0.4, -0.2) is 36.5 Å². The zero-order valence-corrected chi connectivity index (χ0v) is 16.0. The molecule has 3 heteroatoms. The van der Waals surface area contributed by atoms with Gasteiger partial charge in [0.05, 0.1) is 0 Å². The predicted octanol–water partition coefficient (Wildman–Crippen LogP) is 4.34. The molecule has 2 aliphatic carbocycles. The summed E-state index contributed by atoms with van der Waals surface area (Å²) in [5.74, 6) is 2.17. The van der Waals surface area contributed by atoms with E-state index in [0.29, 0.717) is 23.8 Å². The van der Waals surface area contributed by atoms with Crippen LogP contribution in [0.25, 0.3) is 0 Å². The first-order valence-corrected chi connectivity index (χ1v) is 10.9. The standard InChI is InChI=1S/C23H34N2O/c26-23(20-11-12-20)24-21-13-15-25(16-14-21)17-22(18-7-3-1-4-8-18)19-9-5-2-6-10-19/h1,3-4,7-8,19-22H,2,5-6,9-17H2,(H,24,26)/t22-/m0/s1. The number of benzene rings is 1. The van der Waals surface area contributed by atoms with Crippen LogP contribution < -0.4 is 5.32 Å². The quantitative estimate of drug-likeness (QED) is 0.824. The Balaban J connectivity index is 1.33. The molecule has 1 saturated heterocycles. The second kappa shape index (κ2) is 8.56. The van der Waals surface area contributed by atoms with Gasteiger partial charge in [0, 0.05) is 31.6 Å². The van der Waals surface area contributed by atoms with Crippen LogP contribution in [0, 0.1) is 11.8 Å². The first-order valence-electron chi connectivity index (χ1n) is 10.9. The molecule has 1 aromatic rings. The van der Waals surface area contributed by atoms with Crippen molar-refractivity contribution in [2.45, 2.75) is 69.7 Å². The first-order chi connectivity index (χ1) is 12.8. The molecule has 1 heterocycles. The summed E-state index contributed by atoms with van der Waals surface area (Å²) >= 11 is 0. The smallest absolute Gasteiger partial charge is 0.223 e. The van der Waals surface area contributed by atoms with E-state index in [1.807, 2.05) is 0 Å². The molecule has 142 valence electrons. The van der Waals surface area contributed by atoms with Gasteiger partial charge >= 0.3 is 0 Å². The van der Waals surface area contributed by atoms with Crippen molar-refractivity contribution in [2.75, 3.05) is 19.6 Å². The summed E-state index contributed by atoms with van der Waals surface area (Å²) in [6.07, 6.45) is 11.5. The van der Waals surface area contributed by atoms with Gasteiger partial charge in [0.25, 0.3) is 0 Å². The lowest BCUT2D eigenvalue weighted by Crippen LogP contribution is -2.46. The highest BCUT2D eigenvalue weighted by atomic mass is 16.2. The number of likely N-dealkylation sites (tertiary alicyclic amines) is 1. The second-order valence-electron chi connectivity index (χ2n) is 8.77. The van der Waals surface area contributed by atoms with Crippen molar-refractivity contribution >= 4 is 5.91 Å². The zero-order valence-electron chi connectivity index (χ0n) is 16.0. The van der Waals surface area contributed by atoms with Crippen molar-refractivity contribution in [3.05, 3.63) is 35.9 Å². The Morgan fingerprint density at radius 2 is 1.65 bits per heavy atom. The number of hydrogen-bond acceptors (Lipinski definition) is 2. The molecule has 0 unspecified atom stereocenters. The molecule has 1 atom stereocenters. The average molecular weight is 355 g/mol. The molecule has 1 aliphatic heterocycles. The summed E-state index contributed by atoms with van der Waals surface area (Å²) in [7, 11) is 0. The number of nitrogens with one attached hydrogen (secondary N) is 1. The molecular weight excluding hydrogens is 320 g/mol. The Morgan fingerprint density at radius 3 is 2.31 bits per heavy atom. The normalized spacial score (nSPS) is 24.3. The zero-order chi connectivity index (χ0) is 17.8. The van der Waals surface area contributed by atoms with Crippen LogP contribution in [0.5, 0.6) is 0 Å². The minimum absolute atomic E-state index is 0.313. The molecule has 4 rings (SSSR count). The van der Waals surface area contributed by atoms with Crippen LogP contribution in [0.3, 0.4) is 0 Å². The number of hydrogen-bond donors (Lipinski definition) is 1. The van der Waals surface area contributed by atoms with Crippen LogP contribution >= 0.6 is 0 Å². The van der Waals surface area contributed by atoms with Crippen LogP contribution in [0.2, 0.25) is 0 Å². The summed E-state index contributed by atoms with van der Waals surface area (Å²) < 4.78 is 0. The monoisotopic (exact) mass is 354 g/mol. The number of piperidine rings is 1. The topological polar surface area (TPSA) is 32.3 Å². The van der Waals surface area contributed by atoms with Crippen molar-refractivity contribution < 1.29 is 4.79 Å². The summed E-state index contributed by atoms with van der Waals surface area (Å²) in [6.45, 7) is 3.45. The molecular formula is C23H34N2O. The summed E-state index contributed by atoms with van der Waals surface area (Å²) in [5.41, 5.74) is 1.53. The highest BCUT2D eigenvalue weighted by molar-refractivity contribution is 5.81. The van der Waals surface area contributed by atoms with Gasteiger partial charge in [0.2, 0.25) is 5.91 Å². The highest BCUT2D eigenvalue weighted by Gasteiger charge is 2.33. The van der Waals surface area contributed by atoms with Gasteiger partial charge in [0.1, 0.15) is 0 Å². The van der Waals surface area contributed by atoms with E-state index >= 15 is 0 Å². The van der Waals surface area contributed by atoms with E-state index in [0.717, 1.165) is 44.7 Å². The summed E-state index contributed by atoms with van der Waals surface area (Å²) in [4.78, 5) is 14.7. The Kier molecular flexibility index (Phi) is 5.94. The number of amides is 1. The van der Waals surface area contributed by atoms with Crippen molar-refractivity contribution in [3.63, 3.8) is 0 Å². The SMILES string of the molecule is O=C(NC1CCN(C[C@@H](c2ccccc2)C2CCCCC2)CC1)C1CC1. The van der Waals surface area contributed by atoms with Crippen molar-refractivity contribution in [2.24, 2.45) is 11.8 Å². The Morgan fingerprint density at radius 1 is 0.962 bits per heavy atom. The molecule has 1 N–H and O–H groups in total. The summed E-state index contributed by atoms with van der Waals surface area (Å²) in [5, 5.41) is 3.28. The molecule has 3 fully saturated rings. The maximum atomic E-state index is 12.0. The lowest BCUT2D eigenvalue weighted by molar-refractivity contribution is -0.123. The molecule has 0 bridgehead atoms. The maximum absolute atomic E-state index is 12.0. The van der Waals surface area contributed by atoms with Gasteiger partial charge < -0.3 is 10.2 Å². The van der Waals surface area contributed by atoms with Crippen molar-refractivity contribution in [3.8, 4) is 0 Å². The molecule has 1 aromatic carbocycles. The lowest BCUT2D eigenvalue weighted by atomic mass is 9.76. The molecule has 26 heavy (non-hydrogen) atoms. The molecule has 0 aromatic heterocycles. The summed E-state index contributed by atoms with van der Waals surface area (Å²) in [6, 6.07) is 11.6. The van der Waals surface area contributed by atoms with Crippen LogP contribution in [0.1, 0.15) is 69.3 Å². The second-order valence-corrected chi connectivity index (χ2v) is 8.77. The molecule has 1 amide bonds. The van der Waals surface area contributed by atoms with E-state index in [1.165, 1.54) is 44.2 Å². The predicted molar refractivity (Wildman–Crippen MR) is 106 cm³/mol. The van der Waals surface area contributed by atoms with Gasteiger partial charge in [-0.15, -0.1) is 0 Å². The van der Waals surface area contributed by atoms with E-state index in [1.54, 1.807) is 0 Å². The molecule has 0 radical (unpaired) electrons. The molecule has 3 aliphatic rings. The lowest BCUT2D eigenvalue weighted by Gasteiger charge is -2.38. The van der Waals surface area contributed by atoms with Gasteiger partial charge in [0.15, 0.2) is 0 Å². The van der Waals surface area contributed by atoms with Crippen LogP contribution in [0.15, 0.2) is 30.3 Å². The van der Waals surface area contributed by atoms with Crippen molar-refractivity contribution in [1.29, 1.82) is 0 Å². The largest absolute Gasteiger partial charge is 0.353 e.